The third-order valence-corrected chi connectivity index (χ3v) is 5.91. The van der Waals surface area contributed by atoms with Gasteiger partial charge in [0.2, 0.25) is 0 Å². The second-order valence-corrected chi connectivity index (χ2v) is 7.17. The van der Waals surface area contributed by atoms with E-state index in [1.165, 1.54) is 5.56 Å². The molecule has 1 unspecified atom stereocenters. The van der Waals surface area contributed by atoms with Gasteiger partial charge < -0.3 is 14.8 Å². The largest absolute Gasteiger partial charge is 0.497 e. The highest BCUT2D eigenvalue weighted by Gasteiger charge is 2.54. The smallest absolute Gasteiger partial charge is 0.139 e. The Morgan fingerprint density at radius 1 is 1.17 bits per heavy atom. The van der Waals surface area contributed by atoms with Gasteiger partial charge in [-0.15, -0.1) is 11.3 Å². The number of nitrogens with zero attached hydrogens (tertiary/aromatic N) is 2. The number of ether oxygens (including phenoxy) is 2. The van der Waals surface area contributed by atoms with Crippen LogP contribution in [0.1, 0.15) is 0 Å². The molecule has 1 saturated heterocycles. The van der Waals surface area contributed by atoms with E-state index in [9.17, 15) is 0 Å². The number of methoxy groups -OCH3 is 1. The fourth-order valence-electron chi connectivity index (χ4n) is 3.58. The number of aromatic nitrogens is 2. The number of fused-ring (bicyclic) bond motifs is 2. The van der Waals surface area contributed by atoms with Crippen molar-refractivity contribution in [3.05, 3.63) is 36.0 Å². The van der Waals surface area contributed by atoms with Crippen molar-refractivity contribution in [2.24, 2.45) is 11.8 Å². The summed E-state index contributed by atoms with van der Waals surface area (Å²) >= 11 is 1.65. The first kappa shape index (κ1) is 14.2. The standard InChI is InChI=1S/C18H17N3O2S/c1-22-11-4-2-10(3-5-11)14-8-24-18-15(14)17(19-9-20-18)21-16-12-6-23-7-13(12)16/h2-5,8-9,12-13,16H,6-7H2,1H3,(H,19,20,21)/t12-,13+,16?. The predicted molar refractivity (Wildman–Crippen MR) is 94.6 cm³/mol. The number of nitrogens with one attached hydrogen (secondary N) is 1. The minimum absolute atomic E-state index is 0.487. The van der Waals surface area contributed by atoms with Gasteiger partial charge >= 0.3 is 0 Å². The molecule has 122 valence electrons. The van der Waals surface area contributed by atoms with Crippen molar-refractivity contribution in [3.8, 4) is 16.9 Å². The molecule has 3 atom stereocenters. The van der Waals surface area contributed by atoms with Crippen LogP contribution in [0.15, 0.2) is 36.0 Å². The molecule has 0 bridgehead atoms. The fourth-order valence-corrected chi connectivity index (χ4v) is 4.50. The summed E-state index contributed by atoms with van der Waals surface area (Å²) in [4.78, 5) is 9.98. The lowest BCUT2D eigenvalue weighted by Gasteiger charge is -2.10. The first-order chi connectivity index (χ1) is 11.8. The summed E-state index contributed by atoms with van der Waals surface area (Å²) in [6.07, 6.45) is 1.65. The normalized spacial score (nSPS) is 24.8. The van der Waals surface area contributed by atoms with E-state index in [-0.39, 0.29) is 0 Å². The first-order valence-corrected chi connectivity index (χ1v) is 8.94. The van der Waals surface area contributed by atoms with E-state index in [1.54, 1.807) is 24.8 Å². The molecule has 3 aromatic rings. The average molecular weight is 339 g/mol. The fraction of sp³-hybridized carbons (Fsp3) is 0.333. The van der Waals surface area contributed by atoms with E-state index in [0.717, 1.165) is 40.6 Å². The summed E-state index contributed by atoms with van der Waals surface area (Å²) in [7, 11) is 1.68. The minimum atomic E-state index is 0.487. The van der Waals surface area contributed by atoms with Crippen molar-refractivity contribution >= 4 is 27.4 Å². The van der Waals surface area contributed by atoms with Gasteiger partial charge in [0.25, 0.3) is 0 Å². The maximum Gasteiger partial charge on any atom is 0.139 e. The molecule has 0 radical (unpaired) electrons. The number of benzene rings is 1. The Hall–Kier alpha value is -2.18. The maximum atomic E-state index is 5.48. The van der Waals surface area contributed by atoms with E-state index in [2.05, 4.69) is 32.8 Å². The Bertz CT molecular complexity index is 883. The number of thiophene rings is 1. The van der Waals surface area contributed by atoms with Gasteiger partial charge in [0.15, 0.2) is 0 Å². The summed E-state index contributed by atoms with van der Waals surface area (Å²) < 4.78 is 10.7. The lowest BCUT2D eigenvalue weighted by molar-refractivity contribution is 0.162. The van der Waals surface area contributed by atoms with Gasteiger partial charge in [0.1, 0.15) is 22.7 Å². The minimum Gasteiger partial charge on any atom is -0.497 e. The molecular formula is C18H17N3O2S. The molecule has 2 aliphatic rings. The topological polar surface area (TPSA) is 56.3 Å². The summed E-state index contributed by atoms with van der Waals surface area (Å²) in [6, 6.07) is 8.62. The summed E-state index contributed by atoms with van der Waals surface area (Å²) in [6.45, 7) is 1.73. The van der Waals surface area contributed by atoms with Crippen LogP contribution >= 0.6 is 11.3 Å². The number of hydrogen-bond acceptors (Lipinski definition) is 6. The zero-order valence-corrected chi connectivity index (χ0v) is 14.0. The molecule has 1 saturated carbocycles. The van der Waals surface area contributed by atoms with Gasteiger partial charge in [-0.25, -0.2) is 9.97 Å². The molecular weight excluding hydrogens is 322 g/mol. The second-order valence-electron chi connectivity index (χ2n) is 6.32. The number of rotatable bonds is 4. The van der Waals surface area contributed by atoms with Crippen LogP contribution in [0, 0.1) is 11.8 Å². The van der Waals surface area contributed by atoms with Gasteiger partial charge in [-0.3, -0.25) is 0 Å². The Morgan fingerprint density at radius 2 is 1.96 bits per heavy atom. The molecule has 1 aliphatic heterocycles. The molecule has 0 spiro atoms. The highest BCUT2D eigenvalue weighted by Crippen LogP contribution is 2.47. The van der Waals surface area contributed by atoms with E-state index in [1.807, 2.05) is 12.1 Å². The Morgan fingerprint density at radius 3 is 2.71 bits per heavy atom. The quantitative estimate of drug-likeness (QED) is 0.789. The summed E-state index contributed by atoms with van der Waals surface area (Å²) in [5, 5.41) is 6.90. The molecule has 1 aromatic carbocycles. The van der Waals surface area contributed by atoms with Crippen molar-refractivity contribution in [2.45, 2.75) is 6.04 Å². The molecule has 3 heterocycles. The van der Waals surface area contributed by atoms with Crippen LogP contribution in [-0.2, 0) is 4.74 Å². The third kappa shape index (κ3) is 2.17. The SMILES string of the molecule is COc1ccc(-c2csc3ncnc(NC4[C@H]5COC[C@@H]45)c23)cc1. The van der Waals surface area contributed by atoms with Crippen LogP contribution in [0.4, 0.5) is 5.82 Å². The van der Waals surface area contributed by atoms with Crippen LogP contribution in [0.2, 0.25) is 0 Å². The van der Waals surface area contributed by atoms with Crippen LogP contribution in [0.5, 0.6) is 5.75 Å². The van der Waals surface area contributed by atoms with Crippen LogP contribution < -0.4 is 10.1 Å². The van der Waals surface area contributed by atoms with Crippen molar-refractivity contribution in [3.63, 3.8) is 0 Å². The van der Waals surface area contributed by atoms with Crippen molar-refractivity contribution in [1.29, 1.82) is 0 Å². The zero-order chi connectivity index (χ0) is 16.1. The van der Waals surface area contributed by atoms with Crippen LogP contribution in [0.3, 0.4) is 0 Å². The monoisotopic (exact) mass is 339 g/mol. The Labute approximate surface area is 143 Å². The Kier molecular flexibility index (Phi) is 3.21. The highest BCUT2D eigenvalue weighted by atomic mass is 32.1. The van der Waals surface area contributed by atoms with Crippen molar-refractivity contribution < 1.29 is 9.47 Å². The molecule has 5 rings (SSSR count). The number of hydrogen-bond donors (Lipinski definition) is 1. The molecule has 1 aliphatic carbocycles. The van der Waals surface area contributed by atoms with E-state index in [4.69, 9.17) is 9.47 Å². The van der Waals surface area contributed by atoms with Gasteiger partial charge in [-0.05, 0) is 17.7 Å². The Balaban J connectivity index is 1.54. The van der Waals surface area contributed by atoms with Crippen LogP contribution in [-0.4, -0.2) is 36.3 Å². The number of anilines is 1. The lowest BCUT2D eigenvalue weighted by atomic mass is 10.1. The van der Waals surface area contributed by atoms with E-state index in [0.29, 0.717) is 17.9 Å². The third-order valence-electron chi connectivity index (χ3n) is 5.03. The van der Waals surface area contributed by atoms with E-state index < -0.39 is 0 Å². The maximum absolute atomic E-state index is 5.48. The van der Waals surface area contributed by atoms with Gasteiger partial charge in [-0.2, -0.15) is 0 Å². The lowest BCUT2D eigenvalue weighted by Crippen LogP contribution is -2.13. The average Bonchev–Trinajstić information content (AvgIpc) is 3.02. The molecule has 24 heavy (non-hydrogen) atoms. The second kappa shape index (κ2) is 5.43. The molecule has 2 aromatic heterocycles. The molecule has 6 heteroatoms. The van der Waals surface area contributed by atoms with Gasteiger partial charge in [0, 0.05) is 28.8 Å². The highest BCUT2D eigenvalue weighted by molar-refractivity contribution is 7.17. The molecule has 1 N–H and O–H groups in total. The van der Waals surface area contributed by atoms with Gasteiger partial charge in [0.05, 0.1) is 25.7 Å². The zero-order valence-electron chi connectivity index (χ0n) is 13.2. The summed E-state index contributed by atoms with van der Waals surface area (Å²) in [5.41, 5.74) is 2.32. The molecule has 5 nitrogen and oxygen atoms in total. The van der Waals surface area contributed by atoms with Crippen molar-refractivity contribution in [1.82, 2.24) is 9.97 Å². The first-order valence-electron chi connectivity index (χ1n) is 8.06. The van der Waals surface area contributed by atoms with Crippen LogP contribution in [0.25, 0.3) is 21.3 Å². The molecule has 2 fully saturated rings. The predicted octanol–water partition coefficient (Wildman–Crippen LogP) is 3.42. The van der Waals surface area contributed by atoms with Crippen molar-refractivity contribution in [2.75, 3.05) is 25.6 Å². The van der Waals surface area contributed by atoms with E-state index >= 15 is 0 Å². The van der Waals surface area contributed by atoms with Gasteiger partial charge in [-0.1, -0.05) is 12.1 Å². The molecule has 0 amide bonds. The summed E-state index contributed by atoms with van der Waals surface area (Å²) in [5.74, 6) is 3.07.